The minimum Gasteiger partial charge on any atom is -0.468 e. The lowest BCUT2D eigenvalue weighted by molar-refractivity contribution is -0.141. The van der Waals surface area contributed by atoms with E-state index in [4.69, 9.17) is 4.74 Å². The fourth-order valence-corrected chi connectivity index (χ4v) is 2.84. The van der Waals surface area contributed by atoms with E-state index in [0.29, 0.717) is 19.4 Å². The van der Waals surface area contributed by atoms with E-state index < -0.39 is 0 Å². The number of ether oxygens (including phenoxy) is 1. The fourth-order valence-electron chi connectivity index (χ4n) is 2.84. The van der Waals surface area contributed by atoms with Gasteiger partial charge in [0.2, 0.25) is 5.91 Å². The number of nitrogens with zero attached hydrogens (tertiary/aromatic N) is 2. The second kappa shape index (κ2) is 8.29. The van der Waals surface area contributed by atoms with Crippen molar-refractivity contribution in [2.24, 2.45) is 0 Å². The molecule has 26 heavy (non-hydrogen) atoms. The molecule has 2 aromatic carbocycles. The van der Waals surface area contributed by atoms with Crippen LogP contribution < -0.4 is 5.32 Å². The van der Waals surface area contributed by atoms with Gasteiger partial charge in [0.15, 0.2) is 0 Å². The summed E-state index contributed by atoms with van der Waals surface area (Å²) in [5, 5.41) is 2.91. The third-order valence-electron chi connectivity index (χ3n) is 4.13. The van der Waals surface area contributed by atoms with Crippen molar-refractivity contribution >= 4 is 22.9 Å². The number of nitrogens with one attached hydrogen (secondary N) is 1. The van der Waals surface area contributed by atoms with E-state index in [2.05, 4.69) is 10.3 Å². The van der Waals surface area contributed by atoms with Crippen molar-refractivity contribution in [3.8, 4) is 0 Å². The Balaban J connectivity index is 1.65. The lowest BCUT2D eigenvalue weighted by atomic mass is 10.1. The zero-order valence-electron chi connectivity index (χ0n) is 14.6. The molecule has 3 aromatic rings. The number of amides is 1. The first kappa shape index (κ1) is 17.7. The summed E-state index contributed by atoms with van der Waals surface area (Å²) in [5.74, 6) is 0.381. The van der Waals surface area contributed by atoms with Crippen LogP contribution in [-0.4, -0.2) is 35.1 Å². The zero-order valence-corrected chi connectivity index (χ0v) is 14.6. The maximum Gasteiger partial charge on any atom is 0.325 e. The molecule has 3 rings (SSSR count). The predicted octanol–water partition coefficient (Wildman–Crippen LogP) is 2.11. The van der Waals surface area contributed by atoms with Crippen molar-refractivity contribution < 1.29 is 14.3 Å². The Labute approximate surface area is 151 Å². The third-order valence-corrected chi connectivity index (χ3v) is 4.13. The lowest BCUT2D eigenvalue weighted by Gasteiger charge is -2.09. The topological polar surface area (TPSA) is 73.2 Å². The number of rotatable bonds is 7. The first-order valence-corrected chi connectivity index (χ1v) is 8.49. The molecule has 1 aromatic heterocycles. The fraction of sp³-hybridized carbons (Fsp3) is 0.250. The molecule has 6 nitrogen and oxygen atoms in total. The minimum atomic E-state index is -0.331. The van der Waals surface area contributed by atoms with Gasteiger partial charge in [-0.25, -0.2) is 4.98 Å². The number of hydrogen-bond donors (Lipinski definition) is 1. The van der Waals surface area contributed by atoms with Gasteiger partial charge in [-0.3, -0.25) is 9.59 Å². The Hall–Kier alpha value is -3.15. The summed E-state index contributed by atoms with van der Waals surface area (Å²) in [6, 6.07) is 17.2. The summed E-state index contributed by atoms with van der Waals surface area (Å²) in [5.41, 5.74) is 2.67. The van der Waals surface area contributed by atoms with Crippen LogP contribution in [0.15, 0.2) is 54.6 Å². The molecule has 6 heteroatoms. The highest BCUT2D eigenvalue weighted by atomic mass is 16.5. The second-order valence-corrected chi connectivity index (χ2v) is 5.94. The van der Waals surface area contributed by atoms with Crippen LogP contribution in [0.2, 0.25) is 0 Å². The van der Waals surface area contributed by atoms with Gasteiger partial charge in [-0.1, -0.05) is 42.5 Å². The first-order chi connectivity index (χ1) is 12.7. The Morgan fingerprint density at radius 2 is 1.81 bits per heavy atom. The molecule has 0 unspecified atom stereocenters. The largest absolute Gasteiger partial charge is 0.468 e. The summed E-state index contributed by atoms with van der Waals surface area (Å²) >= 11 is 0. The Kier molecular flexibility index (Phi) is 5.63. The summed E-state index contributed by atoms with van der Waals surface area (Å²) in [6.45, 7) is 0.556. The Bertz CT molecular complexity index is 903. The highest BCUT2D eigenvalue weighted by Gasteiger charge is 2.14. The molecule has 0 fully saturated rings. The van der Waals surface area contributed by atoms with Crippen LogP contribution in [0.5, 0.6) is 0 Å². The number of hydrogen-bond acceptors (Lipinski definition) is 4. The molecule has 0 aliphatic carbocycles. The molecule has 1 N–H and O–H groups in total. The molecule has 0 radical (unpaired) electrons. The van der Waals surface area contributed by atoms with E-state index in [1.165, 1.54) is 7.11 Å². The highest BCUT2D eigenvalue weighted by Crippen LogP contribution is 2.16. The van der Waals surface area contributed by atoms with Gasteiger partial charge in [0.25, 0.3) is 0 Å². The van der Waals surface area contributed by atoms with Crippen LogP contribution in [0, 0.1) is 0 Å². The lowest BCUT2D eigenvalue weighted by Crippen LogP contribution is -2.28. The van der Waals surface area contributed by atoms with Crippen molar-refractivity contribution in [3.05, 3.63) is 66.0 Å². The van der Waals surface area contributed by atoms with Gasteiger partial charge in [-0.05, 0) is 17.7 Å². The standard InChI is InChI=1S/C20H21N3O3/c1-26-20(25)14-23-17-10-6-5-9-16(17)22-18(23)11-12-21-19(24)13-15-7-3-2-4-8-15/h2-10H,11-14H2,1H3,(H,21,24). The van der Waals surface area contributed by atoms with Crippen LogP contribution in [0.3, 0.4) is 0 Å². The van der Waals surface area contributed by atoms with E-state index in [1.807, 2.05) is 59.2 Å². The van der Waals surface area contributed by atoms with Crippen molar-refractivity contribution in [3.63, 3.8) is 0 Å². The molecular formula is C20H21N3O3. The number of aromatic nitrogens is 2. The summed E-state index contributed by atoms with van der Waals surface area (Å²) in [7, 11) is 1.37. The van der Waals surface area contributed by atoms with E-state index in [0.717, 1.165) is 22.4 Å². The van der Waals surface area contributed by atoms with Crippen molar-refractivity contribution in [2.45, 2.75) is 19.4 Å². The monoisotopic (exact) mass is 351 g/mol. The molecule has 0 bridgehead atoms. The van der Waals surface area contributed by atoms with Gasteiger partial charge in [0.1, 0.15) is 12.4 Å². The van der Waals surface area contributed by atoms with Crippen molar-refractivity contribution in [1.82, 2.24) is 14.9 Å². The van der Waals surface area contributed by atoms with Crippen LogP contribution in [-0.2, 0) is 33.7 Å². The molecule has 1 heterocycles. The van der Waals surface area contributed by atoms with Crippen LogP contribution in [0.25, 0.3) is 11.0 Å². The molecular weight excluding hydrogens is 330 g/mol. The van der Waals surface area contributed by atoms with Crippen LogP contribution >= 0.6 is 0 Å². The molecule has 0 atom stereocenters. The first-order valence-electron chi connectivity index (χ1n) is 8.49. The number of carbonyl (C=O) groups is 2. The number of benzene rings is 2. The third kappa shape index (κ3) is 4.27. The van der Waals surface area contributed by atoms with E-state index >= 15 is 0 Å². The van der Waals surface area contributed by atoms with E-state index in [1.54, 1.807) is 0 Å². The van der Waals surface area contributed by atoms with Crippen LogP contribution in [0.1, 0.15) is 11.4 Å². The number of carbonyl (C=O) groups excluding carboxylic acids is 2. The highest BCUT2D eigenvalue weighted by molar-refractivity contribution is 5.79. The summed E-state index contributed by atoms with van der Waals surface area (Å²) in [6.07, 6.45) is 0.881. The number of imidazole rings is 1. The quantitative estimate of drug-likeness (QED) is 0.662. The van der Waals surface area contributed by atoms with Crippen molar-refractivity contribution in [1.29, 1.82) is 0 Å². The summed E-state index contributed by atoms with van der Waals surface area (Å²) in [4.78, 5) is 28.4. The molecule has 134 valence electrons. The predicted molar refractivity (Wildman–Crippen MR) is 98.6 cm³/mol. The van der Waals surface area contributed by atoms with Gasteiger partial charge in [-0.2, -0.15) is 0 Å². The van der Waals surface area contributed by atoms with Crippen LogP contribution in [0.4, 0.5) is 0 Å². The number of esters is 1. The zero-order chi connectivity index (χ0) is 18.4. The molecule has 0 aliphatic heterocycles. The van der Waals surface area contributed by atoms with E-state index in [9.17, 15) is 9.59 Å². The van der Waals surface area contributed by atoms with Gasteiger partial charge in [-0.15, -0.1) is 0 Å². The Morgan fingerprint density at radius 1 is 1.08 bits per heavy atom. The van der Waals surface area contributed by atoms with Gasteiger partial charge >= 0.3 is 5.97 Å². The molecule has 0 spiro atoms. The maximum absolute atomic E-state index is 12.1. The molecule has 1 amide bonds. The van der Waals surface area contributed by atoms with Gasteiger partial charge in [0.05, 0.1) is 24.6 Å². The number of fused-ring (bicyclic) bond motifs is 1. The molecule has 0 aliphatic rings. The average Bonchev–Trinajstić information content (AvgIpc) is 3.00. The average molecular weight is 351 g/mol. The summed E-state index contributed by atoms with van der Waals surface area (Å²) < 4.78 is 6.62. The Morgan fingerprint density at radius 3 is 2.58 bits per heavy atom. The normalized spacial score (nSPS) is 10.7. The van der Waals surface area contributed by atoms with Crippen molar-refractivity contribution in [2.75, 3.05) is 13.7 Å². The molecule has 0 saturated heterocycles. The van der Waals surface area contributed by atoms with Gasteiger partial charge < -0.3 is 14.6 Å². The smallest absolute Gasteiger partial charge is 0.325 e. The van der Waals surface area contributed by atoms with E-state index in [-0.39, 0.29) is 18.4 Å². The second-order valence-electron chi connectivity index (χ2n) is 5.94. The molecule has 0 saturated carbocycles. The number of methoxy groups -OCH3 is 1. The SMILES string of the molecule is COC(=O)Cn1c(CCNC(=O)Cc2ccccc2)nc2ccccc21. The number of para-hydroxylation sites is 2. The maximum atomic E-state index is 12.1. The van der Waals surface area contributed by atoms with Gasteiger partial charge in [0, 0.05) is 13.0 Å². The minimum absolute atomic E-state index is 0.0353.